The molecule has 6 N–H and O–H groups in total. The topological polar surface area (TPSA) is 78.1 Å². The number of hydrogen-bond acceptors (Lipinski definition) is 3. The summed E-state index contributed by atoms with van der Waals surface area (Å²) in [5.41, 5.74) is 13.5. The minimum atomic E-state index is 1.11. The van der Waals surface area contributed by atoms with Crippen LogP contribution in [-0.2, 0) is 0 Å². The monoisotopic (exact) mass is 233 g/mol. The molecule has 1 rings (SSSR count). The molecule has 0 saturated heterocycles. The molecule has 0 amide bonds. The maximum Gasteiger partial charge on any atom is -0.0195 e. The largest absolute Gasteiger partial charge is 0.333 e. The van der Waals surface area contributed by atoms with Crippen molar-refractivity contribution in [3.05, 3.63) is 0 Å². The van der Waals surface area contributed by atoms with E-state index in [1.165, 1.54) is 72.5 Å². The summed E-state index contributed by atoms with van der Waals surface area (Å²) < 4.78 is 0. The maximum absolute atomic E-state index is 4.50. The molecular formula is C13H35N3. The molecule has 0 aromatic carbocycles. The minimum absolute atomic E-state index is 1.11. The van der Waals surface area contributed by atoms with E-state index in [0.29, 0.717) is 0 Å². The van der Waals surface area contributed by atoms with E-state index in [1.807, 2.05) is 0 Å². The van der Waals surface area contributed by atoms with Crippen LogP contribution in [0.4, 0.5) is 0 Å². The third-order valence-corrected chi connectivity index (χ3v) is 2.69. The van der Waals surface area contributed by atoms with Crippen LogP contribution in [0.5, 0.6) is 0 Å². The molecule has 3 nitrogen and oxygen atoms in total. The second-order valence-corrected chi connectivity index (χ2v) is 3.65. The van der Waals surface area contributed by atoms with E-state index < -0.39 is 0 Å². The Morgan fingerprint density at radius 1 is 0.812 bits per heavy atom. The Kier molecular flexibility index (Phi) is 32.1. The summed E-state index contributed by atoms with van der Waals surface area (Å²) >= 11 is 0. The highest BCUT2D eigenvalue weighted by atomic mass is 14.4. The number of hydrogen-bond donors (Lipinski definition) is 3. The molecule has 3 heteroatoms. The van der Waals surface area contributed by atoms with Crippen LogP contribution >= 0.6 is 0 Å². The second kappa shape index (κ2) is 24.2. The first-order chi connectivity index (χ1) is 7.93. The maximum atomic E-state index is 4.50. The van der Waals surface area contributed by atoms with Gasteiger partial charge in [-0.15, -0.1) is 0 Å². The lowest BCUT2D eigenvalue weighted by atomic mass is 9.86. The van der Waals surface area contributed by atoms with Gasteiger partial charge in [-0.3, -0.25) is 0 Å². The molecule has 0 atom stereocenters. The summed E-state index contributed by atoms with van der Waals surface area (Å²) in [6, 6.07) is 0. The van der Waals surface area contributed by atoms with E-state index in [1.54, 1.807) is 0 Å². The number of rotatable bonds is 3. The first-order valence-corrected chi connectivity index (χ1v) is 6.66. The molecule has 0 unspecified atom stereocenters. The molecule has 0 bridgehead atoms. The van der Waals surface area contributed by atoms with Crippen LogP contribution in [-0.4, -0.2) is 21.1 Å². The van der Waals surface area contributed by atoms with Crippen molar-refractivity contribution in [3.63, 3.8) is 0 Å². The van der Waals surface area contributed by atoms with Crippen molar-refractivity contribution in [2.75, 3.05) is 21.1 Å². The van der Waals surface area contributed by atoms with E-state index in [4.69, 9.17) is 0 Å². The summed E-state index contributed by atoms with van der Waals surface area (Å²) in [7, 11) is 4.50. The van der Waals surface area contributed by atoms with Gasteiger partial charge in [0.2, 0.25) is 0 Å². The Hall–Kier alpha value is -0.120. The molecule has 0 radical (unpaired) electrons. The Morgan fingerprint density at radius 2 is 1.25 bits per heavy atom. The fourth-order valence-corrected chi connectivity index (χ4v) is 1.97. The van der Waals surface area contributed by atoms with Gasteiger partial charge < -0.3 is 17.2 Å². The van der Waals surface area contributed by atoms with Gasteiger partial charge in [0.05, 0.1) is 0 Å². The zero-order chi connectivity index (χ0) is 13.2. The second-order valence-electron chi connectivity index (χ2n) is 3.65. The van der Waals surface area contributed by atoms with E-state index in [-0.39, 0.29) is 0 Å². The van der Waals surface area contributed by atoms with Crippen LogP contribution in [0.3, 0.4) is 0 Å². The van der Waals surface area contributed by atoms with Gasteiger partial charge in [-0.05, 0) is 27.1 Å². The normalized spacial score (nSPS) is 14.4. The van der Waals surface area contributed by atoms with Crippen molar-refractivity contribution in [2.45, 2.75) is 58.3 Å². The fraction of sp³-hybridized carbons (Fsp3) is 1.00. The van der Waals surface area contributed by atoms with Crippen molar-refractivity contribution in [1.29, 1.82) is 0 Å². The third kappa shape index (κ3) is 16.3. The van der Waals surface area contributed by atoms with Gasteiger partial charge in [-0.25, -0.2) is 0 Å². The van der Waals surface area contributed by atoms with Crippen molar-refractivity contribution in [3.8, 4) is 0 Å². The van der Waals surface area contributed by atoms with Crippen LogP contribution in [0, 0.1) is 5.92 Å². The number of unbranched alkanes of at least 4 members (excludes halogenated alkanes) is 1. The van der Waals surface area contributed by atoms with E-state index in [9.17, 15) is 0 Å². The zero-order valence-corrected chi connectivity index (χ0v) is 12.0. The molecule has 0 heterocycles. The highest BCUT2D eigenvalue weighted by Gasteiger charge is 2.11. The molecule has 0 aliphatic heterocycles. The summed E-state index contributed by atoms with van der Waals surface area (Å²) in [5, 5.41) is 0. The average molecular weight is 233 g/mol. The van der Waals surface area contributed by atoms with E-state index in [0.717, 1.165) is 5.92 Å². The smallest absolute Gasteiger partial charge is 0.0195 e. The molecule has 0 aromatic rings. The quantitative estimate of drug-likeness (QED) is 0.701. The van der Waals surface area contributed by atoms with Crippen molar-refractivity contribution in [1.82, 2.24) is 0 Å². The predicted octanol–water partition coefficient (Wildman–Crippen LogP) is 2.48. The molecule has 1 aliphatic rings. The molecule has 1 aliphatic carbocycles. The summed E-state index contributed by atoms with van der Waals surface area (Å²) in [5.74, 6) is 1.11. The van der Waals surface area contributed by atoms with Gasteiger partial charge >= 0.3 is 0 Å². The molecular weight excluding hydrogens is 198 g/mol. The first kappa shape index (κ1) is 21.2. The lowest BCUT2D eigenvalue weighted by molar-refractivity contribution is 0.331. The fourth-order valence-electron chi connectivity index (χ4n) is 1.97. The van der Waals surface area contributed by atoms with Gasteiger partial charge in [0, 0.05) is 0 Å². The van der Waals surface area contributed by atoms with Gasteiger partial charge in [0.1, 0.15) is 0 Å². The van der Waals surface area contributed by atoms with Crippen LogP contribution in [0.25, 0.3) is 0 Å². The summed E-state index contributed by atoms with van der Waals surface area (Å²) in [4.78, 5) is 0. The van der Waals surface area contributed by atoms with Crippen molar-refractivity contribution in [2.24, 2.45) is 23.1 Å². The minimum Gasteiger partial charge on any atom is -0.333 e. The Morgan fingerprint density at radius 3 is 1.62 bits per heavy atom. The standard InChI is InChI=1S/C10H20.3CH5N/c1-2-3-7-10-8-5-4-6-9-10;3*1-2/h10H,2-9H2,1H3;3*2H2,1H3. The summed E-state index contributed by atoms with van der Waals surface area (Å²) in [6.07, 6.45) is 11.9. The van der Waals surface area contributed by atoms with Gasteiger partial charge in [-0.2, -0.15) is 0 Å². The average Bonchev–Trinajstić information content (AvgIpc) is 2.44. The van der Waals surface area contributed by atoms with E-state index >= 15 is 0 Å². The predicted molar refractivity (Wildman–Crippen MR) is 76.4 cm³/mol. The highest BCUT2D eigenvalue weighted by Crippen LogP contribution is 2.27. The lowest BCUT2D eigenvalue weighted by Gasteiger charge is -2.20. The van der Waals surface area contributed by atoms with Gasteiger partial charge in [-0.1, -0.05) is 58.3 Å². The van der Waals surface area contributed by atoms with Crippen LogP contribution in [0.2, 0.25) is 0 Å². The zero-order valence-electron chi connectivity index (χ0n) is 12.0. The number of nitrogens with two attached hydrogens (primary N) is 3. The van der Waals surface area contributed by atoms with Crippen LogP contribution in [0.15, 0.2) is 0 Å². The highest BCUT2D eigenvalue weighted by molar-refractivity contribution is 4.65. The lowest BCUT2D eigenvalue weighted by Crippen LogP contribution is -2.05. The molecule has 1 fully saturated rings. The van der Waals surface area contributed by atoms with Crippen LogP contribution in [0.1, 0.15) is 58.3 Å². The molecule has 102 valence electrons. The molecule has 0 aromatic heterocycles. The molecule has 16 heavy (non-hydrogen) atoms. The van der Waals surface area contributed by atoms with Crippen molar-refractivity contribution >= 4 is 0 Å². The Labute approximate surface area is 103 Å². The van der Waals surface area contributed by atoms with Gasteiger partial charge in [0.25, 0.3) is 0 Å². The van der Waals surface area contributed by atoms with Crippen LogP contribution < -0.4 is 17.2 Å². The van der Waals surface area contributed by atoms with Gasteiger partial charge in [0.15, 0.2) is 0 Å². The Bertz CT molecular complexity index is 81.2. The summed E-state index contributed by atoms with van der Waals surface area (Å²) in [6.45, 7) is 2.29. The molecule has 1 saturated carbocycles. The van der Waals surface area contributed by atoms with Crippen molar-refractivity contribution < 1.29 is 0 Å². The SMILES string of the molecule is CCCCC1CCCCC1.CN.CN.CN. The first-order valence-electron chi connectivity index (χ1n) is 6.66. The third-order valence-electron chi connectivity index (χ3n) is 2.69. The molecule has 0 spiro atoms. The van der Waals surface area contributed by atoms with E-state index in [2.05, 4.69) is 24.1 Å². The Balaban J connectivity index is -0.000000245.